The molecule has 0 radical (unpaired) electrons. The van der Waals surface area contributed by atoms with Crippen molar-refractivity contribution in [2.75, 3.05) is 24.6 Å². The third kappa shape index (κ3) is 3.91. The number of sulfone groups is 1. The van der Waals surface area contributed by atoms with Crippen LogP contribution in [0.5, 0.6) is 0 Å². The van der Waals surface area contributed by atoms with Crippen molar-refractivity contribution < 1.29 is 8.42 Å². The monoisotopic (exact) mass is 203 g/mol. The molecule has 13 heavy (non-hydrogen) atoms. The minimum absolute atomic E-state index is 0.221. The Morgan fingerprint density at radius 3 is 2.54 bits per heavy atom. The van der Waals surface area contributed by atoms with Gasteiger partial charge < -0.3 is 5.32 Å². The maximum absolute atomic E-state index is 11.2. The molecule has 0 atom stereocenters. The molecule has 1 fully saturated rings. The van der Waals surface area contributed by atoms with Crippen molar-refractivity contribution in [2.24, 2.45) is 0 Å². The second-order valence-electron chi connectivity index (χ2n) is 3.31. The average Bonchev–Trinajstić information content (AvgIpc) is 2.17. The van der Waals surface area contributed by atoms with Gasteiger partial charge in [-0.2, -0.15) is 0 Å². The van der Waals surface area contributed by atoms with E-state index < -0.39 is 9.84 Å². The molecule has 0 unspecified atom stereocenters. The van der Waals surface area contributed by atoms with Crippen LogP contribution in [-0.2, 0) is 9.84 Å². The maximum Gasteiger partial charge on any atom is 0.153 e. The van der Waals surface area contributed by atoms with Gasteiger partial charge in [0, 0.05) is 5.75 Å². The molecule has 4 heteroatoms. The van der Waals surface area contributed by atoms with Crippen LogP contribution in [0.4, 0.5) is 0 Å². The molecule has 76 valence electrons. The Hall–Kier alpha value is -0.350. The highest BCUT2D eigenvalue weighted by atomic mass is 32.2. The van der Waals surface area contributed by atoms with E-state index in [1.54, 1.807) is 6.92 Å². The fourth-order valence-corrected chi connectivity index (χ4v) is 2.04. The lowest BCUT2D eigenvalue weighted by Gasteiger charge is -2.14. The van der Waals surface area contributed by atoms with Gasteiger partial charge in [-0.25, -0.2) is 8.42 Å². The van der Waals surface area contributed by atoms with Crippen molar-refractivity contribution in [3.05, 3.63) is 11.6 Å². The summed E-state index contributed by atoms with van der Waals surface area (Å²) in [5.41, 5.74) is 1.29. The van der Waals surface area contributed by atoms with Crippen molar-refractivity contribution in [1.29, 1.82) is 0 Å². The van der Waals surface area contributed by atoms with Gasteiger partial charge in [-0.15, -0.1) is 0 Å². The van der Waals surface area contributed by atoms with E-state index >= 15 is 0 Å². The van der Waals surface area contributed by atoms with Gasteiger partial charge >= 0.3 is 0 Å². The number of piperidine rings is 1. The SMILES string of the molecule is CCS(=O)(=O)CC=C1CCNCC1. The van der Waals surface area contributed by atoms with E-state index in [2.05, 4.69) is 5.32 Å². The Balaban J connectivity index is 2.47. The summed E-state index contributed by atoms with van der Waals surface area (Å²) in [6, 6.07) is 0. The number of rotatable bonds is 3. The fourth-order valence-electron chi connectivity index (χ4n) is 1.31. The summed E-state index contributed by atoms with van der Waals surface area (Å²) in [7, 11) is -2.82. The molecule has 0 amide bonds. The fraction of sp³-hybridized carbons (Fsp3) is 0.778. The first-order valence-corrected chi connectivity index (χ1v) is 6.55. The predicted molar refractivity (Wildman–Crippen MR) is 54.5 cm³/mol. The summed E-state index contributed by atoms with van der Waals surface area (Å²) in [5.74, 6) is 0.466. The summed E-state index contributed by atoms with van der Waals surface area (Å²) >= 11 is 0. The average molecular weight is 203 g/mol. The van der Waals surface area contributed by atoms with Crippen LogP contribution in [0.1, 0.15) is 19.8 Å². The molecule has 1 saturated heterocycles. The highest BCUT2D eigenvalue weighted by molar-refractivity contribution is 7.91. The van der Waals surface area contributed by atoms with Crippen LogP contribution in [-0.4, -0.2) is 33.0 Å². The van der Waals surface area contributed by atoms with Crippen molar-refractivity contribution in [1.82, 2.24) is 5.32 Å². The standard InChI is InChI=1S/C9H17NO2S/c1-2-13(11,12)8-5-9-3-6-10-7-4-9/h5,10H,2-4,6-8H2,1H3. The molecule has 0 aromatic carbocycles. The first kappa shape index (κ1) is 10.7. The molecular weight excluding hydrogens is 186 g/mol. The van der Waals surface area contributed by atoms with Crippen molar-refractivity contribution >= 4 is 9.84 Å². The van der Waals surface area contributed by atoms with Crippen LogP contribution in [0.3, 0.4) is 0 Å². The first-order chi connectivity index (χ1) is 6.14. The lowest BCUT2D eigenvalue weighted by Crippen LogP contribution is -2.23. The van der Waals surface area contributed by atoms with Crippen LogP contribution < -0.4 is 5.32 Å². The van der Waals surface area contributed by atoms with Gasteiger partial charge in [0.25, 0.3) is 0 Å². The molecule has 1 aliphatic heterocycles. The third-order valence-electron chi connectivity index (χ3n) is 2.31. The lowest BCUT2D eigenvalue weighted by molar-refractivity contribution is 0.596. The molecule has 0 aromatic rings. The van der Waals surface area contributed by atoms with Crippen molar-refractivity contribution in [3.8, 4) is 0 Å². The van der Waals surface area contributed by atoms with Gasteiger partial charge in [0.05, 0.1) is 5.75 Å². The molecule has 1 heterocycles. The van der Waals surface area contributed by atoms with Gasteiger partial charge in [0.2, 0.25) is 0 Å². The van der Waals surface area contributed by atoms with E-state index in [1.165, 1.54) is 5.57 Å². The molecule has 0 spiro atoms. The van der Waals surface area contributed by atoms with Gasteiger partial charge in [0.15, 0.2) is 9.84 Å². The summed E-state index contributed by atoms with van der Waals surface area (Å²) in [6.07, 6.45) is 3.89. The van der Waals surface area contributed by atoms with E-state index in [0.717, 1.165) is 25.9 Å². The minimum Gasteiger partial charge on any atom is -0.316 e. The van der Waals surface area contributed by atoms with Crippen LogP contribution in [0.15, 0.2) is 11.6 Å². The molecule has 1 rings (SSSR count). The zero-order chi connectivity index (χ0) is 9.73. The van der Waals surface area contributed by atoms with Crippen LogP contribution >= 0.6 is 0 Å². The van der Waals surface area contributed by atoms with E-state index in [9.17, 15) is 8.42 Å². The molecular formula is C9H17NO2S. The highest BCUT2D eigenvalue weighted by Crippen LogP contribution is 2.10. The van der Waals surface area contributed by atoms with Gasteiger partial charge in [0.1, 0.15) is 0 Å². The van der Waals surface area contributed by atoms with Crippen LogP contribution in [0.2, 0.25) is 0 Å². The maximum atomic E-state index is 11.2. The molecule has 0 aromatic heterocycles. The molecule has 1 aliphatic rings. The van der Waals surface area contributed by atoms with Crippen molar-refractivity contribution in [2.45, 2.75) is 19.8 Å². The Kier molecular flexibility index (Phi) is 3.93. The predicted octanol–water partition coefficient (Wildman–Crippen LogP) is 0.731. The zero-order valence-corrected chi connectivity index (χ0v) is 8.86. The zero-order valence-electron chi connectivity index (χ0n) is 8.04. The second-order valence-corrected chi connectivity index (χ2v) is 5.71. The van der Waals surface area contributed by atoms with Gasteiger partial charge in [-0.3, -0.25) is 0 Å². The number of hydrogen-bond acceptors (Lipinski definition) is 3. The highest BCUT2D eigenvalue weighted by Gasteiger charge is 2.08. The Bertz CT molecular complexity index is 272. The smallest absolute Gasteiger partial charge is 0.153 e. The van der Waals surface area contributed by atoms with E-state index in [-0.39, 0.29) is 11.5 Å². The third-order valence-corrected chi connectivity index (χ3v) is 3.87. The molecule has 3 nitrogen and oxygen atoms in total. The molecule has 0 saturated carbocycles. The summed E-state index contributed by atoms with van der Waals surface area (Å²) in [5, 5.41) is 3.24. The van der Waals surface area contributed by atoms with E-state index in [1.807, 2.05) is 6.08 Å². The molecule has 1 N–H and O–H groups in total. The second kappa shape index (κ2) is 4.77. The Morgan fingerprint density at radius 2 is 2.00 bits per heavy atom. The minimum atomic E-state index is -2.82. The number of hydrogen-bond donors (Lipinski definition) is 1. The number of nitrogens with one attached hydrogen (secondary N) is 1. The van der Waals surface area contributed by atoms with Crippen LogP contribution in [0, 0.1) is 0 Å². The van der Waals surface area contributed by atoms with E-state index in [4.69, 9.17) is 0 Å². The van der Waals surface area contributed by atoms with Gasteiger partial charge in [-0.1, -0.05) is 18.6 Å². The largest absolute Gasteiger partial charge is 0.316 e. The summed E-state index contributed by atoms with van der Waals surface area (Å²) in [4.78, 5) is 0. The van der Waals surface area contributed by atoms with Crippen LogP contribution in [0.25, 0.3) is 0 Å². The molecule has 0 bridgehead atoms. The summed E-state index contributed by atoms with van der Waals surface area (Å²) < 4.78 is 22.4. The van der Waals surface area contributed by atoms with Gasteiger partial charge in [-0.05, 0) is 25.9 Å². The topological polar surface area (TPSA) is 46.2 Å². The Labute approximate surface area is 80.1 Å². The Morgan fingerprint density at radius 1 is 1.38 bits per heavy atom. The molecule has 0 aliphatic carbocycles. The lowest BCUT2D eigenvalue weighted by atomic mass is 10.1. The van der Waals surface area contributed by atoms with E-state index in [0.29, 0.717) is 0 Å². The summed E-state index contributed by atoms with van der Waals surface area (Å²) in [6.45, 7) is 3.66. The van der Waals surface area contributed by atoms with Crippen molar-refractivity contribution in [3.63, 3.8) is 0 Å². The first-order valence-electron chi connectivity index (χ1n) is 4.73. The normalized spacial score (nSPS) is 18.7. The quantitative estimate of drug-likeness (QED) is 0.688.